The first-order chi connectivity index (χ1) is 6.93. The molecule has 0 amide bonds. The Hall–Kier alpha value is -1.11. The maximum atomic E-state index is 11.1. The second kappa shape index (κ2) is 4.61. The number of benzene rings is 1. The summed E-state index contributed by atoms with van der Waals surface area (Å²) in [7, 11) is -3.64. The summed E-state index contributed by atoms with van der Waals surface area (Å²) in [4.78, 5) is 0.0942. The van der Waals surface area contributed by atoms with Crippen molar-refractivity contribution in [3.63, 3.8) is 0 Å². The molecule has 5 N–H and O–H groups in total. The number of nitrogens with one attached hydrogen (secondary N) is 1. The van der Waals surface area contributed by atoms with Gasteiger partial charge in [0.2, 0.25) is 10.0 Å². The van der Waals surface area contributed by atoms with Gasteiger partial charge in [0.15, 0.2) is 0 Å². The van der Waals surface area contributed by atoms with E-state index < -0.39 is 10.0 Å². The van der Waals surface area contributed by atoms with Crippen LogP contribution in [0.3, 0.4) is 0 Å². The molecule has 0 aromatic heterocycles. The molecule has 1 aromatic rings. The van der Waals surface area contributed by atoms with Gasteiger partial charge in [-0.3, -0.25) is 0 Å². The van der Waals surface area contributed by atoms with E-state index in [1.165, 1.54) is 12.1 Å². The van der Waals surface area contributed by atoms with E-state index in [-0.39, 0.29) is 10.9 Å². The Balaban J connectivity index is 2.94. The van der Waals surface area contributed by atoms with E-state index in [1.807, 2.05) is 6.92 Å². The molecule has 0 aliphatic heterocycles. The quantitative estimate of drug-likeness (QED) is 0.681. The van der Waals surface area contributed by atoms with E-state index in [0.29, 0.717) is 12.2 Å². The first-order valence-corrected chi connectivity index (χ1v) is 6.07. The van der Waals surface area contributed by atoms with Crippen LogP contribution >= 0.6 is 0 Å². The summed E-state index contributed by atoms with van der Waals surface area (Å²) < 4.78 is 22.1. The number of anilines is 1. The largest absolute Gasteiger partial charge is 0.381 e. The molecular formula is C9H15N3O2S. The highest BCUT2D eigenvalue weighted by atomic mass is 32.2. The summed E-state index contributed by atoms with van der Waals surface area (Å²) in [6.45, 7) is 2.38. The Bertz CT molecular complexity index is 431. The van der Waals surface area contributed by atoms with Gasteiger partial charge in [0, 0.05) is 18.3 Å². The summed E-state index contributed by atoms with van der Waals surface area (Å²) in [5, 5.41) is 8.07. The van der Waals surface area contributed by atoms with Crippen molar-refractivity contribution in [1.29, 1.82) is 0 Å². The van der Waals surface area contributed by atoms with Crippen LogP contribution < -0.4 is 16.2 Å². The van der Waals surface area contributed by atoms with E-state index >= 15 is 0 Å². The summed E-state index contributed by atoms with van der Waals surface area (Å²) in [6, 6.07) is 6.42. The highest BCUT2D eigenvalue weighted by Gasteiger charge is 2.08. The number of sulfonamides is 1. The lowest BCUT2D eigenvalue weighted by Crippen LogP contribution is -2.25. The third-order valence-corrected chi connectivity index (χ3v) is 2.84. The molecule has 0 saturated carbocycles. The Morgan fingerprint density at radius 1 is 1.47 bits per heavy atom. The molecule has 0 spiro atoms. The van der Waals surface area contributed by atoms with Gasteiger partial charge in [-0.1, -0.05) is 6.07 Å². The highest BCUT2D eigenvalue weighted by molar-refractivity contribution is 7.89. The second-order valence-electron chi connectivity index (χ2n) is 3.35. The molecule has 0 fully saturated rings. The zero-order valence-electron chi connectivity index (χ0n) is 8.47. The van der Waals surface area contributed by atoms with Crippen LogP contribution in [0.5, 0.6) is 0 Å². The van der Waals surface area contributed by atoms with Crippen LogP contribution in [0.1, 0.15) is 6.92 Å². The van der Waals surface area contributed by atoms with Gasteiger partial charge in [-0.05, 0) is 25.1 Å². The van der Waals surface area contributed by atoms with Gasteiger partial charge in [0.1, 0.15) is 0 Å². The lowest BCUT2D eigenvalue weighted by atomic mass is 10.2. The second-order valence-corrected chi connectivity index (χ2v) is 4.92. The molecule has 1 aromatic carbocycles. The standard InChI is InChI=1S/C9H15N3O2S/c1-7(6-10)12-8-3-2-4-9(5-8)15(11,13)14/h2-5,7,12H,6,10H2,1H3,(H2,11,13,14). The molecule has 0 bridgehead atoms. The summed E-state index contributed by atoms with van der Waals surface area (Å²) in [5.74, 6) is 0. The molecule has 0 saturated heterocycles. The fourth-order valence-corrected chi connectivity index (χ4v) is 1.67. The Morgan fingerprint density at radius 2 is 2.13 bits per heavy atom. The van der Waals surface area contributed by atoms with Crippen LogP contribution in [-0.2, 0) is 10.0 Å². The Kier molecular flexibility index (Phi) is 3.67. The predicted octanol–water partition coefficient (Wildman–Crippen LogP) is 0.0931. The Labute approximate surface area is 89.5 Å². The zero-order chi connectivity index (χ0) is 11.5. The summed E-state index contributed by atoms with van der Waals surface area (Å²) >= 11 is 0. The molecule has 0 aliphatic rings. The van der Waals surface area contributed by atoms with Crippen LogP contribution in [0.2, 0.25) is 0 Å². The maximum absolute atomic E-state index is 11.1. The minimum absolute atomic E-state index is 0.0840. The molecule has 0 radical (unpaired) electrons. The van der Waals surface area contributed by atoms with Gasteiger partial charge >= 0.3 is 0 Å². The molecule has 15 heavy (non-hydrogen) atoms. The van der Waals surface area contributed by atoms with Crippen molar-refractivity contribution >= 4 is 15.7 Å². The van der Waals surface area contributed by atoms with Gasteiger partial charge in [-0.2, -0.15) is 0 Å². The molecular weight excluding hydrogens is 214 g/mol. The van der Waals surface area contributed by atoms with Crippen LogP contribution in [0.25, 0.3) is 0 Å². The average Bonchev–Trinajstić information content (AvgIpc) is 2.17. The fourth-order valence-electron chi connectivity index (χ4n) is 1.11. The van der Waals surface area contributed by atoms with Crippen molar-refractivity contribution in [3.8, 4) is 0 Å². The number of hydrogen-bond acceptors (Lipinski definition) is 4. The first-order valence-electron chi connectivity index (χ1n) is 4.53. The van der Waals surface area contributed by atoms with E-state index in [0.717, 1.165) is 0 Å². The normalized spacial score (nSPS) is 13.5. The molecule has 1 unspecified atom stereocenters. The van der Waals surface area contributed by atoms with Crippen molar-refractivity contribution < 1.29 is 8.42 Å². The molecule has 0 heterocycles. The molecule has 5 nitrogen and oxygen atoms in total. The molecule has 6 heteroatoms. The monoisotopic (exact) mass is 229 g/mol. The van der Waals surface area contributed by atoms with Gasteiger partial charge < -0.3 is 11.1 Å². The third-order valence-electron chi connectivity index (χ3n) is 1.93. The van der Waals surface area contributed by atoms with Gasteiger partial charge in [0.25, 0.3) is 0 Å². The smallest absolute Gasteiger partial charge is 0.238 e. The molecule has 1 atom stereocenters. The predicted molar refractivity (Wildman–Crippen MR) is 60.0 cm³/mol. The summed E-state index contributed by atoms with van der Waals surface area (Å²) in [6.07, 6.45) is 0. The number of hydrogen-bond donors (Lipinski definition) is 3. The van der Waals surface area contributed by atoms with Crippen molar-refractivity contribution in [2.24, 2.45) is 10.9 Å². The number of nitrogens with two attached hydrogens (primary N) is 2. The average molecular weight is 229 g/mol. The molecule has 1 rings (SSSR count). The van der Waals surface area contributed by atoms with E-state index in [4.69, 9.17) is 10.9 Å². The summed E-state index contributed by atoms with van der Waals surface area (Å²) in [5.41, 5.74) is 6.13. The van der Waals surface area contributed by atoms with Gasteiger partial charge in [0.05, 0.1) is 4.90 Å². The van der Waals surface area contributed by atoms with E-state index in [9.17, 15) is 8.42 Å². The zero-order valence-corrected chi connectivity index (χ0v) is 9.29. The fraction of sp³-hybridized carbons (Fsp3) is 0.333. The topological polar surface area (TPSA) is 98.2 Å². The number of primary sulfonamides is 1. The van der Waals surface area contributed by atoms with Gasteiger partial charge in [-0.25, -0.2) is 13.6 Å². The van der Waals surface area contributed by atoms with Crippen LogP contribution in [0.15, 0.2) is 29.2 Å². The van der Waals surface area contributed by atoms with Gasteiger partial charge in [-0.15, -0.1) is 0 Å². The van der Waals surface area contributed by atoms with Crippen molar-refractivity contribution in [1.82, 2.24) is 0 Å². The van der Waals surface area contributed by atoms with E-state index in [1.54, 1.807) is 12.1 Å². The van der Waals surface area contributed by atoms with E-state index in [2.05, 4.69) is 5.32 Å². The minimum Gasteiger partial charge on any atom is -0.381 e. The lowest BCUT2D eigenvalue weighted by Gasteiger charge is -2.13. The minimum atomic E-state index is -3.64. The first kappa shape index (κ1) is 12.0. The van der Waals surface area contributed by atoms with Crippen LogP contribution in [0.4, 0.5) is 5.69 Å². The lowest BCUT2D eigenvalue weighted by molar-refractivity contribution is 0.598. The van der Waals surface area contributed by atoms with Crippen molar-refractivity contribution in [3.05, 3.63) is 24.3 Å². The Morgan fingerprint density at radius 3 is 2.67 bits per heavy atom. The molecule has 84 valence electrons. The molecule has 0 aliphatic carbocycles. The van der Waals surface area contributed by atoms with Crippen molar-refractivity contribution in [2.75, 3.05) is 11.9 Å². The maximum Gasteiger partial charge on any atom is 0.238 e. The highest BCUT2D eigenvalue weighted by Crippen LogP contribution is 2.14. The number of rotatable bonds is 4. The van der Waals surface area contributed by atoms with Crippen LogP contribution in [0, 0.1) is 0 Å². The SMILES string of the molecule is CC(CN)Nc1cccc(S(N)(=O)=O)c1. The van der Waals surface area contributed by atoms with Crippen LogP contribution in [-0.4, -0.2) is 21.0 Å². The van der Waals surface area contributed by atoms with Crippen molar-refractivity contribution in [2.45, 2.75) is 17.9 Å². The third kappa shape index (κ3) is 3.50.